The third-order valence-corrected chi connectivity index (χ3v) is 4.59. The minimum Gasteiger partial charge on any atom is -0.381 e. The number of hydrogen-bond acceptors (Lipinski definition) is 4. The average molecular weight is 326 g/mol. The van der Waals surface area contributed by atoms with E-state index < -0.39 is 0 Å². The van der Waals surface area contributed by atoms with Gasteiger partial charge >= 0.3 is 0 Å². The van der Waals surface area contributed by atoms with Crippen LogP contribution in [0.1, 0.15) is 33.1 Å². The minimum absolute atomic E-state index is 0.0920. The summed E-state index contributed by atoms with van der Waals surface area (Å²) in [5.41, 5.74) is 0.0920. The number of nitrogens with one attached hydrogen (secondary N) is 2. The fraction of sp³-hybridized carbons (Fsp3) is 0.941. The summed E-state index contributed by atoms with van der Waals surface area (Å²) in [4.78, 5) is 6.78. The highest BCUT2D eigenvalue weighted by atomic mass is 16.5. The van der Waals surface area contributed by atoms with E-state index >= 15 is 0 Å². The molecule has 0 bridgehead atoms. The number of ether oxygens (including phenoxy) is 2. The molecule has 0 radical (unpaired) electrons. The van der Waals surface area contributed by atoms with E-state index in [9.17, 15) is 0 Å². The van der Waals surface area contributed by atoms with Gasteiger partial charge in [-0.15, -0.1) is 0 Å². The van der Waals surface area contributed by atoms with Crippen molar-refractivity contribution in [3.05, 3.63) is 0 Å². The Morgan fingerprint density at radius 2 is 2.00 bits per heavy atom. The molecule has 2 N–H and O–H groups in total. The van der Waals surface area contributed by atoms with Crippen LogP contribution in [0.15, 0.2) is 4.99 Å². The summed E-state index contributed by atoms with van der Waals surface area (Å²) in [5, 5.41) is 6.81. The van der Waals surface area contributed by atoms with E-state index in [0.717, 1.165) is 70.9 Å². The standard InChI is InChI=1S/C17H34N4O2/c1-17(2,21-8-11-22-12-9-21)14-20-16(18-3)19-7-4-10-23-13-15-5-6-15/h15H,4-14H2,1-3H3,(H2,18,19,20). The van der Waals surface area contributed by atoms with Gasteiger partial charge < -0.3 is 20.1 Å². The summed E-state index contributed by atoms with van der Waals surface area (Å²) in [6.07, 6.45) is 3.72. The quantitative estimate of drug-likeness (QED) is 0.377. The molecule has 2 aliphatic rings. The van der Waals surface area contributed by atoms with Gasteiger partial charge in [0.05, 0.1) is 13.2 Å². The van der Waals surface area contributed by atoms with Crippen molar-refractivity contribution in [2.75, 3.05) is 59.7 Å². The fourth-order valence-electron chi connectivity index (χ4n) is 2.72. The van der Waals surface area contributed by atoms with Crippen molar-refractivity contribution < 1.29 is 9.47 Å². The van der Waals surface area contributed by atoms with Crippen molar-refractivity contribution in [3.63, 3.8) is 0 Å². The molecule has 6 nitrogen and oxygen atoms in total. The van der Waals surface area contributed by atoms with Gasteiger partial charge in [0.1, 0.15) is 0 Å². The average Bonchev–Trinajstić information content (AvgIpc) is 3.38. The van der Waals surface area contributed by atoms with Crippen LogP contribution >= 0.6 is 0 Å². The summed E-state index contributed by atoms with van der Waals surface area (Å²) in [7, 11) is 1.82. The highest BCUT2D eigenvalue weighted by Crippen LogP contribution is 2.28. The third kappa shape index (κ3) is 7.06. The molecule has 0 aromatic rings. The van der Waals surface area contributed by atoms with E-state index in [1.54, 1.807) is 0 Å². The second-order valence-electron chi connectivity index (χ2n) is 7.14. The molecule has 2 fully saturated rings. The van der Waals surface area contributed by atoms with E-state index in [-0.39, 0.29) is 5.54 Å². The summed E-state index contributed by atoms with van der Waals surface area (Å²) >= 11 is 0. The second-order valence-corrected chi connectivity index (χ2v) is 7.14. The summed E-state index contributed by atoms with van der Waals surface area (Å²) in [6.45, 7) is 11.7. The van der Waals surface area contributed by atoms with Crippen LogP contribution < -0.4 is 10.6 Å². The third-order valence-electron chi connectivity index (χ3n) is 4.59. The van der Waals surface area contributed by atoms with Gasteiger partial charge in [0.15, 0.2) is 5.96 Å². The molecular weight excluding hydrogens is 292 g/mol. The molecule has 2 rings (SSSR count). The van der Waals surface area contributed by atoms with Crippen molar-refractivity contribution in [1.29, 1.82) is 0 Å². The van der Waals surface area contributed by atoms with Crippen molar-refractivity contribution >= 4 is 5.96 Å². The molecule has 0 spiro atoms. The zero-order chi connectivity index (χ0) is 16.5. The highest BCUT2D eigenvalue weighted by Gasteiger charge is 2.28. The first kappa shape index (κ1) is 18.5. The van der Waals surface area contributed by atoms with E-state index in [0.29, 0.717) is 0 Å². The second kappa shape index (κ2) is 9.45. The Labute approximate surface area is 141 Å². The minimum atomic E-state index is 0.0920. The van der Waals surface area contributed by atoms with Gasteiger partial charge in [-0.3, -0.25) is 9.89 Å². The van der Waals surface area contributed by atoms with Crippen molar-refractivity contribution in [2.24, 2.45) is 10.9 Å². The number of aliphatic imine (C=N–C) groups is 1. The molecule has 1 saturated heterocycles. The maximum absolute atomic E-state index is 5.65. The number of guanidine groups is 1. The molecule has 0 aromatic carbocycles. The molecule has 0 atom stereocenters. The predicted octanol–water partition coefficient (Wildman–Crippen LogP) is 1.08. The number of rotatable bonds is 9. The monoisotopic (exact) mass is 326 g/mol. The van der Waals surface area contributed by atoms with Crippen LogP contribution in [0.4, 0.5) is 0 Å². The van der Waals surface area contributed by atoms with E-state index in [1.165, 1.54) is 12.8 Å². The van der Waals surface area contributed by atoms with E-state index in [2.05, 4.69) is 34.4 Å². The summed E-state index contributed by atoms with van der Waals surface area (Å²) in [5.74, 6) is 1.72. The lowest BCUT2D eigenvalue weighted by molar-refractivity contribution is -0.00834. The van der Waals surface area contributed by atoms with E-state index in [1.807, 2.05) is 7.05 Å². The van der Waals surface area contributed by atoms with Crippen LogP contribution in [-0.4, -0.2) is 76.1 Å². The zero-order valence-corrected chi connectivity index (χ0v) is 15.1. The lowest BCUT2D eigenvalue weighted by atomic mass is 10.0. The predicted molar refractivity (Wildman–Crippen MR) is 94.0 cm³/mol. The van der Waals surface area contributed by atoms with Crippen molar-refractivity contribution in [3.8, 4) is 0 Å². The number of morpholine rings is 1. The number of nitrogens with zero attached hydrogens (tertiary/aromatic N) is 2. The van der Waals surface area contributed by atoms with Crippen molar-refractivity contribution in [1.82, 2.24) is 15.5 Å². The molecule has 1 heterocycles. The van der Waals surface area contributed by atoms with Crippen LogP contribution in [0.3, 0.4) is 0 Å². The lowest BCUT2D eigenvalue weighted by Crippen LogP contribution is -2.56. The number of hydrogen-bond donors (Lipinski definition) is 2. The van der Waals surface area contributed by atoms with Gasteiger partial charge in [-0.25, -0.2) is 0 Å². The highest BCUT2D eigenvalue weighted by molar-refractivity contribution is 5.79. The largest absolute Gasteiger partial charge is 0.381 e. The first-order valence-corrected chi connectivity index (χ1v) is 8.97. The van der Waals surface area contributed by atoms with Crippen LogP contribution in [-0.2, 0) is 9.47 Å². The summed E-state index contributed by atoms with van der Waals surface area (Å²) < 4.78 is 11.1. The molecule has 0 unspecified atom stereocenters. The molecule has 134 valence electrons. The summed E-state index contributed by atoms with van der Waals surface area (Å²) in [6, 6.07) is 0. The van der Waals surface area contributed by atoms with Gasteiger partial charge in [0.25, 0.3) is 0 Å². The van der Waals surface area contributed by atoms with Crippen LogP contribution in [0.5, 0.6) is 0 Å². The Morgan fingerprint density at radius 3 is 2.65 bits per heavy atom. The Hall–Kier alpha value is -0.850. The Bertz CT molecular complexity index is 364. The SMILES string of the molecule is CN=C(NCCCOCC1CC1)NCC(C)(C)N1CCOCC1. The normalized spacial score (nSPS) is 20.6. The van der Waals surface area contributed by atoms with Crippen molar-refractivity contribution in [2.45, 2.75) is 38.6 Å². The topological polar surface area (TPSA) is 58.1 Å². The Morgan fingerprint density at radius 1 is 1.26 bits per heavy atom. The van der Waals surface area contributed by atoms with Crippen LogP contribution in [0, 0.1) is 5.92 Å². The molecule has 1 aliphatic carbocycles. The molecule has 23 heavy (non-hydrogen) atoms. The Balaban J connectivity index is 1.57. The van der Waals surface area contributed by atoms with Gasteiger partial charge in [-0.2, -0.15) is 0 Å². The van der Waals surface area contributed by atoms with Gasteiger partial charge in [-0.1, -0.05) is 0 Å². The van der Waals surface area contributed by atoms with Gasteiger partial charge in [-0.05, 0) is 39.0 Å². The van der Waals surface area contributed by atoms with Crippen LogP contribution in [0.25, 0.3) is 0 Å². The van der Waals surface area contributed by atoms with Crippen LogP contribution in [0.2, 0.25) is 0 Å². The van der Waals surface area contributed by atoms with Gasteiger partial charge in [0.2, 0.25) is 0 Å². The Kier molecular flexibility index (Phi) is 7.59. The maximum Gasteiger partial charge on any atom is 0.191 e. The molecule has 0 aromatic heterocycles. The fourth-order valence-corrected chi connectivity index (χ4v) is 2.72. The first-order valence-electron chi connectivity index (χ1n) is 8.97. The zero-order valence-electron chi connectivity index (χ0n) is 15.1. The molecule has 1 saturated carbocycles. The lowest BCUT2D eigenvalue weighted by Gasteiger charge is -2.41. The molecule has 1 aliphatic heterocycles. The first-order chi connectivity index (χ1) is 11.1. The maximum atomic E-state index is 5.65. The smallest absolute Gasteiger partial charge is 0.191 e. The molecule has 6 heteroatoms. The van der Waals surface area contributed by atoms with Gasteiger partial charge in [0, 0.05) is 52.0 Å². The molecular formula is C17H34N4O2. The molecule has 0 amide bonds. The van der Waals surface area contributed by atoms with E-state index in [4.69, 9.17) is 9.47 Å².